The molecule has 164 valence electrons. The fraction of sp³-hybridized carbons (Fsp3) is 0.368. The Labute approximate surface area is 177 Å². The van der Waals surface area contributed by atoms with Crippen LogP contribution in [0.2, 0.25) is 0 Å². The molecule has 1 fully saturated rings. The molecule has 1 aliphatic rings. The fourth-order valence-corrected chi connectivity index (χ4v) is 3.65. The lowest BCUT2D eigenvalue weighted by Gasteiger charge is -2.17. The summed E-state index contributed by atoms with van der Waals surface area (Å²) in [4.78, 5) is 25.0. The number of nitrogens with one attached hydrogen (secondary N) is 1. The molecule has 1 aliphatic heterocycles. The van der Waals surface area contributed by atoms with Gasteiger partial charge in [0.05, 0.1) is 6.33 Å². The zero-order valence-corrected chi connectivity index (χ0v) is 17.7. The second-order valence-electron chi connectivity index (χ2n) is 7.61. The molecule has 0 saturated carbocycles. The Morgan fingerprint density at radius 3 is 2.65 bits per heavy atom. The summed E-state index contributed by atoms with van der Waals surface area (Å²) in [5, 5.41) is 23.4. The first kappa shape index (κ1) is 21.5. The summed E-state index contributed by atoms with van der Waals surface area (Å²) in [6.45, 7) is 3.10. The van der Waals surface area contributed by atoms with Crippen molar-refractivity contribution < 1.29 is 29.0 Å². The zero-order chi connectivity index (χ0) is 22.2. The average Bonchev–Trinajstić information content (AvgIpc) is 3.29. The van der Waals surface area contributed by atoms with Gasteiger partial charge in [-0.15, -0.1) is 0 Å². The second-order valence-corrected chi connectivity index (χ2v) is 11.0. The lowest BCUT2D eigenvalue weighted by atomic mass is 10.2. The predicted octanol–water partition coefficient (Wildman–Crippen LogP) is 1.25. The van der Waals surface area contributed by atoms with E-state index in [-0.39, 0.29) is 29.2 Å². The first-order valence-corrected chi connectivity index (χ1v) is 12.2. The molecule has 3 aromatic rings. The maximum atomic E-state index is 12.5. The first-order valence-electron chi connectivity index (χ1n) is 9.46. The summed E-state index contributed by atoms with van der Waals surface area (Å²) in [6, 6.07) is 8.64. The molecule has 4 atom stereocenters. The van der Waals surface area contributed by atoms with Crippen LogP contribution in [0.5, 0.6) is 0 Å². The summed E-state index contributed by atoms with van der Waals surface area (Å²) in [7, 11) is -2.50. The van der Waals surface area contributed by atoms with Crippen LogP contribution in [0.1, 0.15) is 16.6 Å². The number of fused-ring (bicyclic) bond motifs is 1. The summed E-state index contributed by atoms with van der Waals surface area (Å²) in [5.41, 5.74) is 1.02. The third kappa shape index (κ3) is 4.51. The first-order chi connectivity index (χ1) is 14.7. The monoisotopic (exact) mass is 447 g/mol. The van der Waals surface area contributed by atoms with Gasteiger partial charge in [-0.3, -0.25) is 9.36 Å². The Balaban J connectivity index is 1.58. The van der Waals surface area contributed by atoms with E-state index in [1.807, 2.05) is 0 Å². The van der Waals surface area contributed by atoms with Crippen molar-refractivity contribution in [3.8, 4) is 0 Å². The van der Waals surface area contributed by atoms with Gasteiger partial charge in [0.25, 0.3) is 5.91 Å². The topological polar surface area (TPSA) is 149 Å². The van der Waals surface area contributed by atoms with Gasteiger partial charge in [0.2, 0.25) is 0 Å². The average molecular weight is 447 g/mol. The Kier molecular flexibility index (Phi) is 5.87. The van der Waals surface area contributed by atoms with Gasteiger partial charge >= 0.3 is 0 Å². The molecule has 1 aromatic carbocycles. The quantitative estimate of drug-likeness (QED) is 0.475. The van der Waals surface area contributed by atoms with Crippen LogP contribution in [0.15, 0.2) is 43.0 Å². The number of aliphatic hydroxyl groups excluding tert-OH is 2. The number of anilines is 1. The van der Waals surface area contributed by atoms with Crippen molar-refractivity contribution in [3.05, 3.63) is 48.5 Å². The SMILES string of the molecule is CP(C)(=O)CO[C@H]1O[C@@H](n2cnc3c(NC(=O)c4ccccc4)ncnc32)[C@@H](O)C1O. The molecule has 4 rings (SSSR count). The Hall–Kier alpha value is -2.69. The number of amides is 1. The number of carbonyl (C=O) groups excluding carboxylic acids is 1. The molecule has 31 heavy (non-hydrogen) atoms. The van der Waals surface area contributed by atoms with Crippen molar-refractivity contribution in [1.82, 2.24) is 19.5 Å². The predicted molar refractivity (Wildman–Crippen MR) is 111 cm³/mol. The maximum Gasteiger partial charge on any atom is 0.256 e. The van der Waals surface area contributed by atoms with Crippen molar-refractivity contribution in [2.75, 3.05) is 25.0 Å². The van der Waals surface area contributed by atoms with E-state index in [0.29, 0.717) is 5.56 Å². The van der Waals surface area contributed by atoms with Gasteiger partial charge in [-0.1, -0.05) is 18.2 Å². The lowest BCUT2D eigenvalue weighted by molar-refractivity contribution is -0.165. The number of benzene rings is 1. The summed E-state index contributed by atoms with van der Waals surface area (Å²) in [6.07, 6.45) is -2.39. The standard InChI is InChI=1S/C19H22N5O6P/c1-31(2,28)10-29-19-14(26)13(25)18(30-19)24-9-22-12-15(20-8-21-16(12)24)23-17(27)11-6-4-3-5-7-11/h3-9,13-14,18-19,25-26H,10H2,1-2H3,(H,20,21,23,27)/t13-,14?,18+,19-/m0/s1. The van der Waals surface area contributed by atoms with Crippen molar-refractivity contribution >= 4 is 30.0 Å². The zero-order valence-electron chi connectivity index (χ0n) is 16.8. The van der Waals surface area contributed by atoms with Crippen LogP contribution in [-0.2, 0) is 14.0 Å². The van der Waals surface area contributed by atoms with E-state index >= 15 is 0 Å². The summed E-state index contributed by atoms with van der Waals surface area (Å²) in [5.74, 6) is -0.170. The van der Waals surface area contributed by atoms with E-state index in [0.717, 1.165) is 0 Å². The number of rotatable bonds is 6. The van der Waals surface area contributed by atoms with Gasteiger partial charge in [-0.25, -0.2) is 15.0 Å². The van der Waals surface area contributed by atoms with Crippen molar-refractivity contribution in [2.45, 2.75) is 24.7 Å². The molecular formula is C19H22N5O6P. The minimum Gasteiger partial charge on any atom is -0.385 e. The number of hydrogen-bond donors (Lipinski definition) is 3. The normalized spacial score (nSPS) is 23.9. The van der Waals surface area contributed by atoms with Gasteiger partial charge in [-0.2, -0.15) is 0 Å². The van der Waals surface area contributed by atoms with Crippen LogP contribution in [0.25, 0.3) is 11.2 Å². The van der Waals surface area contributed by atoms with Crippen LogP contribution < -0.4 is 5.32 Å². The fourth-order valence-electron chi connectivity index (χ4n) is 3.15. The molecule has 1 saturated heterocycles. The van der Waals surface area contributed by atoms with Crippen LogP contribution in [0.3, 0.4) is 0 Å². The lowest BCUT2D eigenvalue weighted by Crippen LogP contribution is -2.33. The molecule has 0 radical (unpaired) electrons. The number of nitrogens with zero attached hydrogens (tertiary/aromatic N) is 4. The number of carbonyl (C=O) groups is 1. The number of ether oxygens (including phenoxy) is 2. The molecule has 3 heterocycles. The van der Waals surface area contributed by atoms with E-state index in [9.17, 15) is 19.6 Å². The molecule has 1 amide bonds. The molecule has 3 N–H and O–H groups in total. The van der Waals surface area contributed by atoms with Crippen LogP contribution in [-0.4, -0.2) is 73.8 Å². The smallest absolute Gasteiger partial charge is 0.256 e. The largest absolute Gasteiger partial charge is 0.385 e. The van der Waals surface area contributed by atoms with Crippen LogP contribution >= 0.6 is 7.14 Å². The number of aliphatic hydroxyl groups is 2. The molecule has 0 spiro atoms. The highest BCUT2D eigenvalue weighted by Crippen LogP contribution is 2.39. The summed E-state index contributed by atoms with van der Waals surface area (Å²) < 4.78 is 24.4. The molecule has 1 unspecified atom stereocenters. The van der Waals surface area contributed by atoms with Gasteiger partial charge in [-0.05, 0) is 25.5 Å². The number of hydrogen-bond acceptors (Lipinski definition) is 9. The number of imidazole rings is 1. The highest BCUT2D eigenvalue weighted by atomic mass is 31.2. The Morgan fingerprint density at radius 1 is 1.19 bits per heavy atom. The number of aromatic nitrogens is 4. The van der Waals surface area contributed by atoms with E-state index < -0.39 is 31.9 Å². The van der Waals surface area contributed by atoms with E-state index in [2.05, 4.69) is 20.3 Å². The van der Waals surface area contributed by atoms with Gasteiger partial charge < -0.3 is 29.6 Å². The molecule has 12 heteroatoms. The highest BCUT2D eigenvalue weighted by molar-refractivity contribution is 7.62. The van der Waals surface area contributed by atoms with E-state index in [1.165, 1.54) is 17.2 Å². The minimum absolute atomic E-state index is 0.101. The molecule has 0 aliphatic carbocycles. The highest BCUT2D eigenvalue weighted by Gasteiger charge is 2.45. The van der Waals surface area contributed by atoms with Crippen LogP contribution in [0, 0.1) is 0 Å². The van der Waals surface area contributed by atoms with E-state index in [1.54, 1.807) is 43.7 Å². The van der Waals surface area contributed by atoms with E-state index in [4.69, 9.17) is 9.47 Å². The maximum absolute atomic E-state index is 12.5. The second kappa shape index (κ2) is 8.45. The van der Waals surface area contributed by atoms with Gasteiger partial charge in [0.1, 0.15) is 32.0 Å². The molecule has 2 aromatic heterocycles. The van der Waals surface area contributed by atoms with Crippen LogP contribution in [0.4, 0.5) is 5.82 Å². The Morgan fingerprint density at radius 2 is 1.94 bits per heavy atom. The minimum atomic E-state index is -2.50. The van der Waals surface area contributed by atoms with Crippen molar-refractivity contribution in [1.29, 1.82) is 0 Å². The van der Waals surface area contributed by atoms with Crippen molar-refractivity contribution in [3.63, 3.8) is 0 Å². The Bertz CT molecular complexity index is 1130. The molecular weight excluding hydrogens is 425 g/mol. The third-order valence-corrected chi connectivity index (χ3v) is 5.42. The van der Waals surface area contributed by atoms with Gasteiger partial charge in [0.15, 0.2) is 29.5 Å². The molecule has 11 nitrogen and oxygen atoms in total. The summed E-state index contributed by atoms with van der Waals surface area (Å²) >= 11 is 0. The molecule has 0 bridgehead atoms. The van der Waals surface area contributed by atoms with Crippen molar-refractivity contribution in [2.24, 2.45) is 0 Å². The third-order valence-electron chi connectivity index (χ3n) is 4.65. The van der Waals surface area contributed by atoms with Gasteiger partial charge in [0, 0.05) is 5.56 Å².